The van der Waals surface area contributed by atoms with Crippen molar-refractivity contribution in [2.75, 3.05) is 0 Å². The van der Waals surface area contributed by atoms with Crippen molar-refractivity contribution >= 4 is 5.97 Å². The molecule has 1 N–H and O–H groups in total. The van der Waals surface area contributed by atoms with E-state index < -0.39 is 5.97 Å². The molecule has 0 saturated heterocycles. The summed E-state index contributed by atoms with van der Waals surface area (Å²) in [5, 5.41) is 9.72. The average molecular weight is 254 g/mol. The Hall–Kier alpha value is -2.29. The molecule has 0 saturated carbocycles. The molecule has 1 aliphatic rings. The van der Waals surface area contributed by atoms with Gasteiger partial charge < -0.3 is 9.84 Å². The third-order valence-corrected chi connectivity index (χ3v) is 3.44. The van der Waals surface area contributed by atoms with Gasteiger partial charge in [0, 0.05) is 6.42 Å². The van der Waals surface area contributed by atoms with Gasteiger partial charge in [-0.25, -0.2) is 4.79 Å². The van der Waals surface area contributed by atoms with Gasteiger partial charge >= 0.3 is 5.97 Å². The van der Waals surface area contributed by atoms with Gasteiger partial charge in [0.25, 0.3) is 0 Å². The number of aromatic hydroxyl groups is 1. The average Bonchev–Trinajstić information content (AvgIpc) is 2.39. The van der Waals surface area contributed by atoms with Gasteiger partial charge in [0.15, 0.2) is 0 Å². The van der Waals surface area contributed by atoms with E-state index in [0.717, 1.165) is 11.1 Å². The molecule has 0 unspecified atom stereocenters. The zero-order valence-corrected chi connectivity index (χ0v) is 10.6. The Bertz CT molecular complexity index is 629. The Kier molecular flexibility index (Phi) is 2.75. The number of carbonyl (C=O) groups excluding carboxylic acids is 1. The van der Waals surface area contributed by atoms with Crippen LogP contribution in [0.15, 0.2) is 42.5 Å². The number of hydrogen-bond acceptors (Lipinski definition) is 3. The topological polar surface area (TPSA) is 46.5 Å². The molecular weight excluding hydrogens is 240 g/mol. The highest BCUT2D eigenvalue weighted by atomic mass is 16.5. The predicted octanol–water partition coefficient (Wildman–Crippen LogP) is 3.15. The smallest absolute Gasteiger partial charge is 0.342 e. The van der Waals surface area contributed by atoms with Gasteiger partial charge in [0.05, 0.1) is 0 Å². The molecule has 2 aromatic rings. The van der Waals surface area contributed by atoms with Crippen molar-refractivity contribution in [3.63, 3.8) is 0 Å². The number of fused-ring (bicyclic) bond motifs is 1. The number of hydrogen-bond donors (Lipinski definition) is 1. The van der Waals surface area contributed by atoms with E-state index in [0.29, 0.717) is 12.0 Å². The second-order valence-corrected chi connectivity index (χ2v) is 4.82. The van der Waals surface area contributed by atoms with Crippen LogP contribution in [-0.2, 0) is 11.2 Å². The number of benzene rings is 2. The number of aryl methyl sites for hydroxylation is 1. The molecule has 0 fully saturated rings. The highest BCUT2D eigenvalue weighted by molar-refractivity contribution is 5.95. The second kappa shape index (κ2) is 4.43. The van der Waals surface area contributed by atoms with E-state index in [1.807, 2.05) is 37.3 Å². The fourth-order valence-corrected chi connectivity index (χ4v) is 2.39. The summed E-state index contributed by atoms with van der Waals surface area (Å²) in [5.41, 5.74) is 3.28. The first-order valence-electron chi connectivity index (χ1n) is 6.23. The summed E-state index contributed by atoms with van der Waals surface area (Å²) in [6.07, 6.45) is 0.320. The summed E-state index contributed by atoms with van der Waals surface area (Å²) in [6, 6.07) is 13.1. The van der Waals surface area contributed by atoms with Crippen LogP contribution in [0, 0.1) is 6.92 Å². The fourth-order valence-electron chi connectivity index (χ4n) is 2.39. The van der Waals surface area contributed by atoms with Crippen LogP contribution in [0.1, 0.15) is 33.2 Å². The molecule has 3 heteroatoms. The molecule has 0 aromatic heterocycles. The van der Waals surface area contributed by atoms with Gasteiger partial charge in [-0.3, -0.25) is 0 Å². The van der Waals surface area contributed by atoms with Crippen molar-refractivity contribution in [3.8, 4) is 5.75 Å². The van der Waals surface area contributed by atoms with Crippen LogP contribution < -0.4 is 0 Å². The van der Waals surface area contributed by atoms with Gasteiger partial charge in [-0.05, 0) is 24.1 Å². The number of phenols is 1. The van der Waals surface area contributed by atoms with Crippen molar-refractivity contribution in [1.82, 2.24) is 0 Å². The van der Waals surface area contributed by atoms with Crippen molar-refractivity contribution in [2.45, 2.75) is 19.4 Å². The SMILES string of the molecule is Cc1ccc([C@H]2Cc3cccc(O)c3C(=O)O2)cc1. The largest absolute Gasteiger partial charge is 0.507 e. The molecule has 0 spiro atoms. The van der Waals surface area contributed by atoms with E-state index in [9.17, 15) is 9.90 Å². The van der Waals surface area contributed by atoms with Gasteiger partial charge in [-0.15, -0.1) is 0 Å². The first kappa shape index (κ1) is 11.8. The molecule has 3 rings (SSSR count). The molecule has 1 atom stereocenters. The molecule has 0 aliphatic carbocycles. The lowest BCUT2D eigenvalue weighted by molar-refractivity contribution is 0.0248. The van der Waals surface area contributed by atoms with Crippen LogP contribution in [0.25, 0.3) is 0 Å². The normalized spacial score (nSPS) is 17.7. The lowest BCUT2D eigenvalue weighted by Gasteiger charge is -2.25. The minimum Gasteiger partial charge on any atom is -0.507 e. The molecule has 0 radical (unpaired) electrons. The summed E-state index contributed by atoms with van der Waals surface area (Å²) >= 11 is 0. The maximum absolute atomic E-state index is 12.0. The van der Waals surface area contributed by atoms with E-state index in [-0.39, 0.29) is 11.9 Å². The number of cyclic esters (lactones) is 1. The highest BCUT2D eigenvalue weighted by Gasteiger charge is 2.29. The Morgan fingerprint density at radius 1 is 1.16 bits per heavy atom. The number of rotatable bonds is 1. The predicted molar refractivity (Wildman–Crippen MR) is 71.1 cm³/mol. The highest BCUT2D eigenvalue weighted by Crippen LogP contribution is 2.34. The van der Waals surface area contributed by atoms with Crippen molar-refractivity contribution < 1.29 is 14.6 Å². The molecule has 1 aliphatic heterocycles. The van der Waals surface area contributed by atoms with Crippen molar-refractivity contribution in [3.05, 3.63) is 64.7 Å². The standard InChI is InChI=1S/C16H14O3/c1-10-5-7-11(8-6-10)14-9-12-3-2-4-13(17)15(12)16(18)19-14/h2-8,14,17H,9H2,1H3/t14-/m1/s1. The van der Waals surface area contributed by atoms with Crippen LogP contribution in [0.3, 0.4) is 0 Å². The van der Waals surface area contributed by atoms with Crippen LogP contribution in [-0.4, -0.2) is 11.1 Å². The van der Waals surface area contributed by atoms with Crippen LogP contribution >= 0.6 is 0 Å². The quantitative estimate of drug-likeness (QED) is 0.795. The zero-order valence-electron chi connectivity index (χ0n) is 10.6. The lowest BCUT2D eigenvalue weighted by atomic mass is 9.94. The molecule has 0 bridgehead atoms. The van der Waals surface area contributed by atoms with Crippen molar-refractivity contribution in [2.24, 2.45) is 0 Å². The van der Waals surface area contributed by atoms with Crippen LogP contribution in [0.4, 0.5) is 0 Å². The molecule has 1 heterocycles. The van der Waals surface area contributed by atoms with Gasteiger partial charge in [-0.2, -0.15) is 0 Å². The molecular formula is C16H14O3. The molecule has 19 heavy (non-hydrogen) atoms. The summed E-state index contributed by atoms with van der Waals surface area (Å²) in [5.74, 6) is -0.463. The first-order valence-corrected chi connectivity index (χ1v) is 6.23. The number of carbonyl (C=O) groups is 1. The Labute approximate surface area is 111 Å². The molecule has 0 amide bonds. The van der Waals surface area contributed by atoms with E-state index in [4.69, 9.17) is 4.74 Å². The van der Waals surface area contributed by atoms with Gasteiger partial charge in [0.1, 0.15) is 17.4 Å². The maximum Gasteiger partial charge on any atom is 0.342 e. The van der Waals surface area contributed by atoms with Gasteiger partial charge in [0.2, 0.25) is 0 Å². The summed E-state index contributed by atoms with van der Waals surface area (Å²) in [7, 11) is 0. The summed E-state index contributed by atoms with van der Waals surface area (Å²) in [6.45, 7) is 2.02. The monoisotopic (exact) mass is 254 g/mol. The molecule has 2 aromatic carbocycles. The second-order valence-electron chi connectivity index (χ2n) is 4.82. The Balaban J connectivity index is 1.97. The fraction of sp³-hybridized carbons (Fsp3) is 0.188. The van der Waals surface area contributed by atoms with E-state index in [2.05, 4.69) is 0 Å². The zero-order chi connectivity index (χ0) is 13.4. The number of esters is 1. The molecule has 3 nitrogen and oxygen atoms in total. The van der Waals surface area contributed by atoms with Gasteiger partial charge in [-0.1, -0.05) is 42.0 Å². The lowest BCUT2D eigenvalue weighted by Crippen LogP contribution is -2.21. The Morgan fingerprint density at radius 3 is 2.63 bits per heavy atom. The van der Waals surface area contributed by atoms with Crippen LogP contribution in [0.2, 0.25) is 0 Å². The van der Waals surface area contributed by atoms with Crippen molar-refractivity contribution in [1.29, 1.82) is 0 Å². The third kappa shape index (κ3) is 2.08. The first-order chi connectivity index (χ1) is 9.15. The number of ether oxygens (including phenoxy) is 1. The van der Waals surface area contributed by atoms with E-state index in [1.165, 1.54) is 11.6 Å². The summed E-state index contributed by atoms with van der Waals surface area (Å²) in [4.78, 5) is 12.0. The summed E-state index contributed by atoms with van der Waals surface area (Å²) < 4.78 is 5.42. The maximum atomic E-state index is 12.0. The minimum absolute atomic E-state index is 0.00939. The minimum atomic E-state index is -0.454. The van der Waals surface area contributed by atoms with E-state index in [1.54, 1.807) is 6.07 Å². The molecule has 96 valence electrons. The third-order valence-electron chi connectivity index (χ3n) is 3.44. The number of phenolic OH excluding ortho intramolecular Hbond substituents is 1. The Morgan fingerprint density at radius 2 is 1.89 bits per heavy atom. The van der Waals surface area contributed by atoms with E-state index >= 15 is 0 Å². The van der Waals surface area contributed by atoms with Crippen LogP contribution in [0.5, 0.6) is 5.75 Å².